The number of nitrogens with one attached hydrogen (secondary N) is 2. The molecule has 11 nitrogen and oxygen atoms in total. The van der Waals surface area contributed by atoms with Crippen molar-refractivity contribution >= 4 is 29.3 Å². The number of hydrogen-bond donors (Lipinski definition) is 2. The number of ether oxygens (including phenoxy) is 1. The highest BCUT2D eigenvalue weighted by Gasteiger charge is 2.59. The van der Waals surface area contributed by atoms with E-state index in [-0.39, 0.29) is 43.5 Å². The number of nitrogens with zero attached hydrogens (tertiary/aromatic N) is 4. The summed E-state index contributed by atoms with van der Waals surface area (Å²) in [6.07, 6.45) is -1.46. The molecular weight excluding hydrogens is 533 g/mol. The molecule has 2 N–H and O–H groups in total. The fourth-order valence-corrected chi connectivity index (χ4v) is 5.30. The van der Waals surface area contributed by atoms with Crippen LogP contribution < -0.4 is 15.4 Å². The third kappa shape index (κ3) is 5.55. The molecule has 3 heterocycles. The van der Waals surface area contributed by atoms with Gasteiger partial charge in [-0.1, -0.05) is 25.7 Å². The van der Waals surface area contributed by atoms with E-state index in [0.717, 1.165) is 30.6 Å². The molecule has 214 valence electrons. The predicted octanol–water partition coefficient (Wildman–Crippen LogP) is 2.10. The van der Waals surface area contributed by atoms with E-state index in [1.54, 1.807) is 12.1 Å². The number of carbonyl (C=O) groups is 4. The molecule has 0 bridgehead atoms. The molecule has 2 saturated carbocycles. The van der Waals surface area contributed by atoms with Crippen molar-refractivity contribution in [3.63, 3.8) is 0 Å². The van der Waals surface area contributed by atoms with Crippen molar-refractivity contribution in [2.45, 2.75) is 75.0 Å². The van der Waals surface area contributed by atoms with Gasteiger partial charge in [-0.2, -0.15) is 13.2 Å². The zero-order valence-corrected chi connectivity index (χ0v) is 21.7. The molecule has 4 atom stereocenters. The van der Waals surface area contributed by atoms with E-state index >= 15 is 0 Å². The summed E-state index contributed by atoms with van der Waals surface area (Å²) < 4.78 is 45.0. The number of carbonyl (C=O) groups excluding carboxylic acids is 4. The molecule has 1 spiro atoms. The van der Waals surface area contributed by atoms with Gasteiger partial charge in [0.25, 0.3) is 11.8 Å². The first-order valence-corrected chi connectivity index (χ1v) is 13.2. The fourth-order valence-electron chi connectivity index (χ4n) is 5.30. The predicted molar refractivity (Wildman–Crippen MR) is 132 cm³/mol. The van der Waals surface area contributed by atoms with E-state index in [1.807, 2.05) is 5.32 Å². The van der Waals surface area contributed by atoms with Crippen LogP contribution in [0.4, 0.5) is 18.9 Å². The summed E-state index contributed by atoms with van der Waals surface area (Å²) in [6.45, 7) is 7.44. The van der Waals surface area contributed by atoms with Gasteiger partial charge >= 0.3 is 18.2 Å². The number of fused-ring (bicyclic) bond motifs is 1. The average molecular weight is 563 g/mol. The summed E-state index contributed by atoms with van der Waals surface area (Å²) in [5.74, 6) is -3.85. The van der Waals surface area contributed by atoms with Gasteiger partial charge < -0.3 is 20.3 Å². The maximum atomic E-state index is 14.0. The van der Waals surface area contributed by atoms with Gasteiger partial charge in [0.1, 0.15) is 17.8 Å². The van der Waals surface area contributed by atoms with Gasteiger partial charge in [0.15, 0.2) is 0 Å². The normalized spacial score (nSPS) is 25.2. The molecule has 0 aromatic carbocycles. The molecule has 4 aliphatic rings. The molecule has 1 aromatic heterocycles. The summed E-state index contributed by atoms with van der Waals surface area (Å²) in [4.78, 5) is 62.2. The standard InChI is InChI=1S/C26H29F3N6O5/c1-30-19-12-25(23(38)32-16-4-3-9-31-20(16)40-25)13-35(19)22(37)18(11-15-7-8-15)34(2)21(36)17(10-14-5-6-14)33-24(39)26(27,28)29/h3-4,9,14-15,17-19H,5-8,10-13H2,2H3,(H,32,38)(H,33,39)/t17-,18-,19-,25+/m0/s1. The number of likely N-dealkylation sites (N-methyl/N-ethyl adjacent to an activating group) is 1. The number of pyridine rings is 1. The van der Waals surface area contributed by atoms with Gasteiger partial charge in [-0.25, -0.2) is 11.6 Å². The number of hydrogen-bond acceptors (Lipinski definition) is 6. The number of aromatic nitrogens is 1. The largest absolute Gasteiger partial charge is 0.471 e. The zero-order valence-electron chi connectivity index (χ0n) is 21.7. The number of amides is 4. The zero-order chi connectivity index (χ0) is 28.8. The Morgan fingerprint density at radius 2 is 1.95 bits per heavy atom. The molecule has 14 heteroatoms. The minimum atomic E-state index is -5.16. The molecule has 40 heavy (non-hydrogen) atoms. The highest BCUT2D eigenvalue weighted by molar-refractivity contribution is 6.02. The molecule has 1 aromatic rings. The third-order valence-electron chi connectivity index (χ3n) is 7.94. The first kappa shape index (κ1) is 27.7. The molecule has 2 aliphatic heterocycles. The van der Waals surface area contributed by atoms with E-state index in [0.29, 0.717) is 5.69 Å². The van der Waals surface area contributed by atoms with Crippen LogP contribution in [0.15, 0.2) is 18.3 Å². The monoisotopic (exact) mass is 562 g/mol. The minimum Gasteiger partial charge on any atom is -0.457 e. The topological polar surface area (TPSA) is 125 Å². The van der Waals surface area contributed by atoms with Gasteiger partial charge in [-0.05, 0) is 36.8 Å². The van der Waals surface area contributed by atoms with Crippen LogP contribution in [0, 0.1) is 18.4 Å². The van der Waals surface area contributed by atoms with Crippen molar-refractivity contribution in [2.24, 2.45) is 11.8 Å². The Balaban J connectivity index is 1.37. The maximum Gasteiger partial charge on any atom is 0.471 e. The van der Waals surface area contributed by atoms with Crippen LogP contribution in [0.3, 0.4) is 0 Å². The lowest BCUT2D eigenvalue weighted by Crippen LogP contribution is -2.58. The lowest BCUT2D eigenvalue weighted by molar-refractivity contribution is -0.175. The van der Waals surface area contributed by atoms with Gasteiger partial charge in [-0.3, -0.25) is 28.9 Å². The number of rotatable bonds is 8. The number of alkyl halides is 3. The summed E-state index contributed by atoms with van der Waals surface area (Å²) >= 11 is 0. The third-order valence-corrected chi connectivity index (χ3v) is 7.94. The molecule has 0 radical (unpaired) electrons. The summed E-state index contributed by atoms with van der Waals surface area (Å²) in [6, 6.07) is 0.688. The minimum absolute atomic E-state index is 0.0110. The molecular formula is C26H29F3N6O5. The van der Waals surface area contributed by atoms with Crippen molar-refractivity contribution < 1.29 is 37.1 Å². The Bertz CT molecular complexity index is 1260. The van der Waals surface area contributed by atoms with Crippen LogP contribution >= 0.6 is 0 Å². The second-order valence-corrected chi connectivity index (χ2v) is 11.0. The van der Waals surface area contributed by atoms with Crippen molar-refractivity contribution in [1.29, 1.82) is 0 Å². The van der Waals surface area contributed by atoms with Crippen molar-refractivity contribution in [3.8, 4) is 5.88 Å². The summed E-state index contributed by atoms with van der Waals surface area (Å²) in [7, 11) is 1.33. The van der Waals surface area contributed by atoms with Gasteiger partial charge in [0.2, 0.25) is 17.4 Å². The molecule has 2 aliphatic carbocycles. The summed E-state index contributed by atoms with van der Waals surface area (Å²) in [5, 5.41) is 4.53. The Morgan fingerprint density at radius 1 is 1.27 bits per heavy atom. The maximum absolute atomic E-state index is 14.0. The molecule has 0 unspecified atom stereocenters. The Labute approximate surface area is 228 Å². The lowest BCUT2D eigenvalue weighted by atomic mass is 9.99. The van der Waals surface area contributed by atoms with Crippen molar-refractivity contribution in [2.75, 3.05) is 18.9 Å². The van der Waals surface area contributed by atoms with E-state index in [2.05, 4.69) is 15.1 Å². The van der Waals surface area contributed by atoms with Crippen LogP contribution in [0.25, 0.3) is 4.85 Å². The van der Waals surface area contributed by atoms with Gasteiger partial charge in [-0.15, -0.1) is 0 Å². The Kier molecular flexibility index (Phi) is 7.09. The first-order valence-electron chi connectivity index (χ1n) is 13.2. The van der Waals surface area contributed by atoms with Crippen LogP contribution in [-0.2, 0) is 19.2 Å². The molecule has 1 saturated heterocycles. The number of likely N-dealkylation sites (tertiary alicyclic amines) is 1. The average Bonchev–Trinajstić information content (AvgIpc) is 3.85. The Hall–Kier alpha value is -3.89. The van der Waals surface area contributed by atoms with Crippen molar-refractivity contribution in [1.82, 2.24) is 20.1 Å². The van der Waals surface area contributed by atoms with E-state index in [4.69, 9.17) is 11.3 Å². The van der Waals surface area contributed by atoms with Crippen LogP contribution in [0.5, 0.6) is 5.88 Å². The number of halogens is 3. The summed E-state index contributed by atoms with van der Waals surface area (Å²) in [5.41, 5.74) is -1.20. The van der Waals surface area contributed by atoms with E-state index in [9.17, 15) is 32.3 Å². The first-order chi connectivity index (χ1) is 18.9. The van der Waals surface area contributed by atoms with E-state index < -0.39 is 53.7 Å². The fraction of sp³-hybridized carbons (Fsp3) is 0.615. The lowest BCUT2D eigenvalue weighted by Gasteiger charge is -2.35. The second kappa shape index (κ2) is 10.3. The molecule has 3 fully saturated rings. The van der Waals surface area contributed by atoms with E-state index in [1.165, 1.54) is 18.1 Å². The highest BCUT2D eigenvalue weighted by Crippen LogP contribution is 2.41. The van der Waals surface area contributed by atoms with Crippen molar-refractivity contribution in [3.05, 3.63) is 29.7 Å². The van der Waals surface area contributed by atoms with Crippen LogP contribution in [-0.4, -0.2) is 82.0 Å². The van der Waals surface area contributed by atoms with Gasteiger partial charge in [0.05, 0.1) is 13.0 Å². The quantitative estimate of drug-likeness (QED) is 0.468. The van der Waals surface area contributed by atoms with Crippen LogP contribution in [0.2, 0.25) is 0 Å². The smallest absolute Gasteiger partial charge is 0.457 e. The second-order valence-electron chi connectivity index (χ2n) is 11.0. The van der Waals surface area contributed by atoms with Crippen LogP contribution in [0.1, 0.15) is 44.9 Å². The highest BCUT2D eigenvalue weighted by atomic mass is 19.4. The Morgan fingerprint density at radius 3 is 2.58 bits per heavy atom. The molecule has 5 rings (SSSR count). The molecule has 4 amide bonds. The SMILES string of the molecule is [C-]#[N+][C@@H]1C[C@]2(CN1C(=O)[C@H](CC1CC1)N(C)C(=O)[C@H](CC1CC1)NC(=O)C(F)(F)F)Oc1ncccc1NC2=O. The number of anilines is 1. The van der Waals surface area contributed by atoms with Gasteiger partial charge in [0, 0.05) is 13.2 Å².